The fourth-order valence-electron chi connectivity index (χ4n) is 3.15. The standard InChI is InChI=1S/C20H16N4O3/c1-24-15-5-3-2-4-13(15)18(25)16(20(24)27)17-14(19(26)23-22-17)10-11-6-8-12(21)9-7-11/h2-10,22H,21H2,1H3,(H,23,26)/b14-10-,17-16+. The molecule has 0 unspecified atom stereocenters. The smallest absolute Gasteiger partial charge is 0.271 e. The van der Waals surface area contributed by atoms with Gasteiger partial charge in [0.25, 0.3) is 11.5 Å². The van der Waals surface area contributed by atoms with E-state index in [1.54, 1.807) is 61.7 Å². The molecule has 1 aromatic heterocycles. The molecule has 0 saturated heterocycles. The van der Waals surface area contributed by atoms with Gasteiger partial charge in [-0.2, -0.15) is 0 Å². The zero-order chi connectivity index (χ0) is 19.1. The van der Waals surface area contributed by atoms with Crippen molar-refractivity contribution in [1.82, 2.24) is 10.2 Å². The minimum atomic E-state index is -0.471. The van der Waals surface area contributed by atoms with E-state index in [1.807, 2.05) is 0 Å². The van der Waals surface area contributed by atoms with Gasteiger partial charge < -0.3 is 10.6 Å². The van der Waals surface area contributed by atoms with Crippen LogP contribution < -0.4 is 26.8 Å². The summed E-state index contributed by atoms with van der Waals surface area (Å²) in [6.07, 6.45) is 1.61. The molecule has 2 heterocycles. The van der Waals surface area contributed by atoms with E-state index < -0.39 is 17.2 Å². The predicted molar refractivity (Wildman–Crippen MR) is 103 cm³/mol. The number of carbonyl (C=O) groups is 2. The van der Waals surface area contributed by atoms with E-state index >= 15 is 0 Å². The second-order valence-electron chi connectivity index (χ2n) is 6.26. The first-order chi connectivity index (χ1) is 13.0. The van der Waals surface area contributed by atoms with Crippen LogP contribution in [0.5, 0.6) is 0 Å². The van der Waals surface area contributed by atoms with E-state index in [9.17, 15) is 14.4 Å². The number of nitrogens with zero attached hydrogens (tertiary/aromatic N) is 1. The van der Waals surface area contributed by atoms with Crippen LogP contribution in [-0.2, 0) is 4.79 Å². The Morgan fingerprint density at radius 2 is 1.67 bits per heavy atom. The van der Waals surface area contributed by atoms with Crippen LogP contribution in [0.1, 0.15) is 15.9 Å². The molecule has 3 aromatic rings. The maximum atomic E-state index is 13.0. The zero-order valence-electron chi connectivity index (χ0n) is 14.4. The number of aromatic amines is 2. The Morgan fingerprint density at radius 1 is 0.963 bits per heavy atom. The van der Waals surface area contributed by atoms with Crippen LogP contribution in [0.3, 0.4) is 0 Å². The van der Waals surface area contributed by atoms with E-state index in [-0.39, 0.29) is 16.1 Å². The van der Waals surface area contributed by atoms with Crippen molar-refractivity contribution in [3.63, 3.8) is 0 Å². The van der Waals surface area contributed by atoms with Gasteiger partial charge in [0.2, 0.25) is 5.78 Å². The second-order valence-corrected chi connectivity index (χ2v) is 6.26. The van der Waals surface area contributed by atoms with Gasteiger partial charge in [0.15, 0.2) is 0 Å². The van der Waals surface area contributed by atoms with Crippen molar-refractivity contribution >= 4 is 34.7 Å². The number of nitrogens with one attached hydrogen (secondary N) is 2. The number of Topliss-reactive ketones (excluding diaryl/α,β-unsaturated/α-hetero) is 1. The van der Waals surface area contributed by atoms with Crippen LogP contribution in [0.25, 0.3) is 11.6 Å². The Morgan fingerprint density at radius 3 is 2.41 bits per heavy atom. The van der Waals surface area contributed by atoms with E-state index in [1.165, 1.54) is 4.90 Å². The molecule has 1 amide bonds. The fraction of sp³-hybridized carbons (Fsp3) is 0.0500. The Bertz CT molecular complexity index is 1250. The van der Waals surface area contributed by atoms with Crippen molar-refractivity contribution in [1.29, 1.82) is 0 Å². The van der Waals surface area contributed by atoms with Crippen LogP contribution in [-0.4, -0.2) is 28.9 Å². The van der Waals surface area contributed by atoms with Gasteiger partial charge in [-0.05, 0) is 35.9 Å². The van der Waals surface area contributed by atoms with Crippen molar-refractivity contribution in [3.8, 4) is 0 Å². The number of amides is 1. The summed E-state index contributed by atoms with van der Waals surface area (Å²) in [5.74, 6) is -0.892. The number of hydrogen-bond donors (Lipinski definition) is 3. The van der Waals surface area contributed by atoms with Crippen molar-refractivity contribution in [2.45, 2.75) is 0 Å². The van der Waals surface area contributed by atoms with Crippen LogP contribution in [0, 0.1) is 0 Å². The topological polar surface area (TPSA) is 112 Å². The fourth-order valence-corrected chi connectivity index (χ4v) is 3.15. The molecular formula is C20H16N4O3. The van der Waals surface area contributed by atoms with Gasteiger partial charge in [0.1, 0.15) is 5.57 Å². The number of hydrogen-bond acceptors (Lipinski definition) is 4. The predicted octanol–water partition coefficient (Wildman–Crippen LogP) is 0.124. The first kappa shape index (κ1) is 16.6. The summed E-state index contributed by atoms with van der Waals surface area (Å²) in [6.45, 7) is 0. The van der Waals surface area contributed by atoms with Crippen LogP contribution in [0.15, 0.2) is 53.3 Å². The molecule has 0 spiro atoms. The highest BCUT2D eigenvalue weighted by Crippen LogP contribution is 2.28. The minimum Gasteiger partial charge on any atom is -0.399 e. The lowest BCUT2D eigenvalue weighted by Crippen LogP contribution is -2.44. The molecule has 0 fully saturated rings. The third-order valence-corrected chi connectivity index (χ3v) is 4.57. The molecule has 0 saturated carbocycles. The van der Waals surface area contributed by atoms with Crippen molar-refractivity contribution in [2.75, 3.05) is 17.7 Å². The molecule has 4 N–H and O–H groups in total. The molecule has 0 radical (unpaired) electrons. The highest BCUT2D eigenvalue weighted by Gasteiger charge is 2.33. The minimum absolute atomic E-state index is 0.0729. The van der Waals surface area contributed by atoms with Gasteiger partial charge in [0.05, 0.1) is 16.3 Å². The summed E-state index contributed by atoms with van der Waals surface area (Å²) in [6, 6.07) is 13.8. The highest BCUT2D eigenvalue weighted by molar-refractivity contribution is 6.51. The molecule has 0 bridgehead atoms. The molecule has 7 nitrogen and oxygen atoms in total. The zero-order valence-corrected chi connectivity index (χ0v) is 14.4. The third kappa shape index (κ3) is 2.65. The number of fused-ring (bicyclic) bond motifs is 1. The number of nitrogens with two attached hydrogens (primary N) is 1. The Hall–Kier alpha value is -3.87. The van der Waals surface area contributed by atoms with E-state index in [0.29, 0.717) is 16.9 Å². The van der Waals surface area contributed by atoms with Crippen LogP contribution >= 0.6 is 0 Å². The summed E-state index contributed by atoms with van der Waals surface area (Å²) in [5.41, 5.74) is 7.47. The molecular weight excluding hydrogens is 344 g/mol. The number of benzene rings is 2. The molecule has 7 heteroatoms. The summed E-state index contributed by atoms with van der Waals surface area (Å²) < 4.78 is 0. The number of H-pyrrole nitrogens is 2. The molecule has 27 heavy (non-hydrogen) atoms. The first-order valence-electron chi connectivity index (χ1n) is 8.27. The molecule has 134 valence electrons. The molecule has 0 aliphatic carbocycles. The molecule has 4 rings (SSSR count). The number of rotatable bonds is 1. The van der Waals surface area contributed by atoms with Gasteiger partial charge in [-0.15, -0.1) is 0 Å². The van der Waals surface area contributed by atoms with Crippen LogP contribution in [0.4, 0.5) is 11.4 Å². The summed E-state index contributed by atoms with van der Waals surface area (Å²) in [5, 5.41) is 5.54. The molecule has 1 aliphatic rings. The Balaban J connectivity index is 2.03. The normalized spacial score (nSPS) is 16.6. The molecule has 2 aromatic carbocycles. The SMILES string of the molecule is CN1C(=O)/C(=c2/[nH][nH]c(=O)/c2=C\c2ccc(N)cc2)C(=O)c2ccccc21. The number of para-hydroxylation sites is 1. The first-order valence-corrected chi connectivity index (χ1v) is 8.27. The maximum Gasteiger partial charge on any atom is 0.271 e. The number of carbonyl (C=O) groups excluding carboxylic acids is 2. The van der Waals surface area contributed by atoms with E-state index in [2.05, 4.69) is 10.2 Å². The quantitative estimate of drug-likeness (QED) is 0.535. The summed E-state index contributed by atoms with van der Waals surface area (Å²) in [4.78, 5) is 39.5. The summed E-state index contributed by atoms with van der Waals surface area (Å²) >= 11 is 0. The average molecular weight is 360 g/mol. The van der Waals surface area contributed by atoms with Gasteiger partial charge in [0, 0.05) is 18.3 Å². The Kier molecular flexibility index (Phi) is 3.77. The lowest BCUT2D eigenvalue weighted by Gasteiger charge is -2.25. The van der Waals surface area contributed by atoms with Gasteiger partial charge in [-0.3, -0.25) is 24.6 Å². The largest absolute Gasteiger partial charge is 0.399 e. The maximum absolute atomic E-state index is 13.0. The van der Waals surface area contributed by atoms with Crippen molar-refractivity contribution < 1.29 is 9.59 Å². The number of anilines is 2. The average Bonchev–Trinajstić information content (AvgIpc) is 3.02. The van der Waals surface area contributed by atoms with Crippen molar-refractivity contribution in [2.24, 2.45) is 0 Å². The van der Waals surface area contributed by atoms with Gasteiger partial charge in [-0.25, -0.2) is 0 Å². The molecule has 0 atom stereocenters. The van der Waals surface area contributed by atoms with Gasteiger partial charge >= 0.3 is 0 Å². The second kappa shape index (κ2) is 6.14. The third-order valence-electron chi connectivity index (χ3n) is 4.57. The van der Waals surface area contributed by atoms with E-state index in [0.717, 1.165) is 5.56 Å². The monoisotopic (exact) mass is 360 g/mol. The highest BCUT2D eigenvalue weighted by atomic mass is 16.2. The number of nitrogen functional groups attached to an aromatic ring is 1. The number of ketones is 1. The molecule has 1 aliphatic heterocycles. The number of aromatic nitrogens is 2. The van der Waals surface area contributed by atoms with Crippen LogP contribution in [0.2, 0.25) is 0 Å². The van der Waals surface area contributed by atoms with Crippen molar-refractivity contribution in [3.05, 3.63) is 80.6 Å². The summed E-state index contributed by atoms with van der Waals surface area (Å²) in [7, 11) is 1.60. The Labute approximate surface area is 153 Å². The lowest BCUT2D eigenvalue weighted by atomic mass is 9.95. The lowest BCUT2D eigenvalue weighted by molar-refractivity contribution is -0.113. The van der Waals surface area contributed by atoms with Gasteiger partial charge in [-0.1, -0.05) is 24.3 Å². The van der Waals surface area contributed by atoms with E-state index in [4.69, 9.17) is 5.73 Å².